The van der Waals surface area contributed by atoms with Crippen molar-refractivity contribution in [3.8, 4) is 0 Å². The molecule has 4 amide bonds. The lowest BCUT2D eigenvalue weighted by Gasteiger charge is -2.42. The van der Waals surface area contributed by atoms with E-state index in [0.717, 1.165) is 37.0 Å². The molecule has 0 aromatic carbocycles. The second-order valence-electron chi connectivity index (χ2n) is 6.38. The van der Waals surface area contributed by atoms with Crippen molar-refractivity contribution in [2.75, 3.05) is 6.54 Å². The molecule has 2 aliphatic rings. The number of aliphatic hydroxyl groups is 1. The molecule has 6 heteroatoms. The smallest absolute Gasteiger partial charge is 0.330 e. The summed E-state index contributed by atoms with van der Waals surface area (Å²) in [6.45, 7) is 3.81. The Kier molecular flexibility index (Phi) is 5.57. The van der Waals surface area contributed by atoms with Gasteiger partial charge < -0.3 is 5.11 Å². The molecule has 1 aliphatic heterocycles. The van der Waals surface area contributed by atoms with E-state index < -0.39 is 29.4 Å². The summed E-state index contributed by atoms with van der Waals surface area (Å²) < 4.78 is 0. The van der Waals surface area contributed by atoms with Crippen molar-refractivity contribution in [2.45, 2.75) is 64.9 Å². The quantitative estimate of drug-likeness (QED) is 0.427. The van der Waals surface area contributed by atoms with Crippen molar-refractivity contribution in [3.05, 3.63) is 11.6 Å². The van der Waals surface area contributed by atoms with Crippen molar-refractivity contribution >= 4 is 17.8 Å². The van der Waals surface area contributed by atoms with Gasteiger partial charge in [0.25, 0.3) is 11.8 Å². The first-order valence-electron chi connectivity index (χ1n) is 8.51. The van der Waals surface area contributed by atoms with Gasteiger partial charge >= 0.3 is 6.03 Å². The number of nitrogens with zero attached hydrogens (tertiary/aromatic N) is 1. The third-order valence-electron chi connectivity index (χ3n) is 4.82. The van der Waals surface area contributed by atoms with E-state index in [-0.39, 0.29) is 6.54 Å². The summed E-state index contributed by atoms with van der Waals surface area (Å²) >= 11 is 0. The molecular weight excluding hydrogens is 296 g/mol. The van der Waals surface area contributed by atoms with Crippen LogP contribution in [-0.2, 0) is 9.59 Å². The Morgan fingerprint density at radius 1 is 1.30 bits per heavy atom. The lowest BCUT2D eigenvalue weighted by molar-refractivity contribution is -0.155. The van der Waals surface area contributed by atoms with Gasteiger partial charge in [-0.15, -0.1) is 0 Å². The molecule has 2 unspecified atom stereocenters. The molecule has 1 saturated heterocycles. The topological polar surface area (TPSA) is 86.7 Å². The highest BCUT2D eigenvalue weighted by Gasteiger charge is 2.59. The second kappa shape index (κ2) is 7.25. The molecule has 0 bridgehead atoms. The SMILES string of the molecule is CCCCCCN1C(=O)NC(=O)C(C2=CCCC2)(C(C)O)C1=O. The minimum Gasteiger partial charge on any atom is -0.391 e. The number of carbonyl (C=O) groups is 3. The van der Waals surface area contributed by atoms with E-state index in [1.54, 1.807) is 0 Å². The van der Waals surface area contributed by atoms with E-state index in [1.165, 1.54) is 6.92 Å². The minimum absolute atomic E-state index is 0.277. The predicted molar refractivity (Wildman–Crippen MR) is 85.4 cm³/mol. The Hall–Kier alpha value is -1.69. The van der Waals surface area contributed by atoms with Crippen LogP contribution in [0, 0.1) is 5.41 Å². The summed E-state index contributed by atoms with van der Waals surface area (Å²) in [6, 6.07) is -0.675. The van der Waals surface area contributed by atoms with Crippen LogP contribution < -0.4 is 5.32 Å². The standard InChI is InChI=1S/C17H26N2O4/c1-3-4-5-8-11-19-15(22)17(12(2)20,13-9-6-7-10-13)14(21)18-16(19)23/h9,12,20H,3-8,10-11H2,1-2H3,(H,18,21,23). The molecule has 128 valence electrons. The number of carbonyl (C=O) groups excluding carboxylic acids is 3. The third kappa shape index (κ3) is 3.04. The van der Waals surface area contributed by atoms with Gasteiger partial charge in [0.05, 0.1) is 6.10 Å². The Morgan fingerprint density at radius 3 is 2.61 bits per heavy atom. The van der Waals surface area contributed by atoms with Gasteiger partial charge in [0, 0.05) is 6.54 Å². The van der Waals surface area contributed by atoms with Crippen molar-refractivity contribution in [3.63, 3.8) is 0 Å². The molecular formula is C17H26N2O4. The maximum absolute atomic E-state index is 13.0. The summed E-state index contributed by atoms with van der Waals surface area (Å²) in [5.41, 5.74) is -1.00. The van der Waals surface area contributed by atoms with Crippen LogP contribution in [0.1, 0.15) is 58.8 Å². The number of unbranched alkanes of at least 4 members (excludes halogenated alkanes) is 3. The maximum atomic E-state index is 13.0. The number of imide groups is 2. The van der Waals surface area contributed by atoms with Crippen LogP contribution >= 0.6 is 0 Å². The summed E-state index contributed by atoms with van der Waals surface area (Å²) in [5.74, 6) is -1.27. The highest BCUT2D eigenvalue weighted by atomic mass is 16.3. The largest absolute Gasteiger partial charge is 0.391 e. The predicted octanol–water partition coefficient (Wildman–Crippen LogP) is 2.12. The van der Waals surface area contributed by atoms with Gasteiger partial charge in [-0.2, -0.15) is 0 Å². The third-order valence-corrected chi connectivity index (χ3v) is 4.82. The molecule has 1 aliphatic carbocycles. The fourth-order valence-corrected chi connectivity index (χ4v) is 3.51. The van der Waals surface area contributed by atoms with Crippen molar-refractivity contribution in [1.29, 1.82) is 0 Å². The normalized spacial score (nSPS) is 26.3. The highest BCUT2D eigenvalue weighted by Crippen LogP contribution is 2.42. The summed E-state index contributed by atoms with van der Waals surface area (Å²) in [4.78, 5) is 38.7. The summed E-state index contributed by atoms with van der Waals surface area (Å²) in [6.07, 6.45) is 6.65. The fourth-order valence-electron chi connectivity index (χ4n) is 3.51. The van der Waals surface area contributed by atoms with E-state index in [2.05, 4.69) is 12.2 Å². The minimum atomic E-state index is -1.64. The highest BCUT2D eigenvalue weighted by molar-refractivity contribution is 6.21. The number of barbiturate groups is 1. The van der Waals surface area contributed by atoms with E-state index in [4.69, 9.17) is 0 Å². The monoisotopic (exact) mass is 322 g/mol. The van der Waals surface area contributed by atoms with Gasteiger partial charge in [0.2, 0.25) is 0 Å². The van der Waals surface area contributed by atoms with Gasteiger partial charge in [-0.25, -0.2) is 4.79 Å². The van der Waals surface area contributed by atoms with Gasteiger partial charge in [-0.1, -0.05) is 32.3 Å². The molecule has 0 radical (unpaired) electrons. The van der Waals surface area contributed by atoms with E-state index in [0.29, 0.717) is 18.4 Å². The average molecular weight is 322 g/mol. The Morgan fingerprint density at radius 2 is 2.04 bits per heavy atom. The first-order chi connectivity index (χ1) is 11.0. The van der Waals surface area contributed by atoms with Gasteiger partial charge in [-0.3, -0.25) is 19.8 Å². The number of aliphatic hydroxyl groups excluding tert-OH is 1. The first-order valence-corrected chi connectivity index (χ1v) is 8.51. The Bertz CT molecular complexity index is 527. The molecule has 0 spiro atoms. The Balaban J connectivity index is 2.28. The lowest BCUT2D eigenvalue weighted by atomic mass is 9.72. The number of urea groups is 1. The van der Waals surface area contributed by atoms with Crippen LogP contribution in [0.25, 0.3) is 0 Å². The fraction of sp³-hybridized carbons (Fsp3) is 0.706. The average Bonchev–Trinajstić information content (AvgIpc) is 3.00. The number of hydrogen-bond donors (Lipinski definition) is 2. The Labute approximate surface area is 136 Å². The molecule has 0 saturated carbocycles. The van der Waals surface area contributed by atoms with Crippen LogP contribution in [-0.4, -0.2) is 40.5 Å². The molecule has 2 N–H and O–H groups in total. The number of rotatable bonds is 7. The zero-order valence-corrected chi connectivity index (χ0v) is 13.9. The lowest BCUT2D eigenvalue weighted by Crippen LogP contribution is -2.67. The van der Waals surface area contributed by atoms with Crippen LogP contribution in [0.15, 0.2) is 11.6 Å². The number of allylic oxidation sites excluding steroid dienone is 1. The molecule has 6 nitrogen and oxygen atoms in total. The van der Waals surface area contributed by atoms with Gasteiger partial charge in [0.15, 0.2) is 5.41 Å². The summed E-state index contributed by atoms with van der Waals surface area (Å²) in [5, 5.41) is 12.6. The number of hydrogen-bond acceptors (Lipinski definition) is 4. The van der Waals surface area contributed by atoms with Crippen LogP contribution in [0.3, 0.4) is 0 Å². The maximum Gasteiger partial charge on any atom is 0.330 e. The van der Waals surface area contributed by atoms with Crippen molar-refractivity contribution in [2.24, 2.45) is 5.41 Å². The molecule has 0 aromatic heterocycles. The van der Waals surface area contributed by atoms with E-state index in [9.17, 15) is 19.5 Å². The molecule has 0 aromatic rings. The zero-order valence-electron chi connectivity index (χ0n) is 13.9. The van der Waals surface area contributed by atoms with Gasteiger partial charge in [-0.05, 0) is 38.2 Å². The zero-order chi connectivity index (χ0) is 17.0. The van der Waals surface area contributed by atoms with Crippen molar-refractivity contribution < 1.29 is 19.5 Å². The van der Waals surface area contributed by atoms with Crippen LogP contribution in [0.2, 0.25) is 0 Å². The van der Waals surface area contributed by atoms with E-state index >= 15 is 0 Å². The molecule has 1 heterocycles. The number of nitrogens with one attached hydrogen (secondary N) is 1. The van der Waals surface area contributed by atoms with Crippen LogP contribution in [0.4, 0.5) is 4.79 Å². The molecule has 23 heavy (non-hydrogen) atoms. The molecule has 2 rings (SSSR count). The molecule has 1 fully saturated rings. The molecule has 2 atom stereocenters. The van der Waals surface area contributed by atoms with Crippen molar-refractivity contribution in [1.82, 2.24) is 10.2 Å². The van der Waals surface area contributed by atoms with Gasteiger partial charge in [0.1, 0.15) is 0 Å². The van der Waals surface area contributed by atoms with E-state index in [1.807, 2.05) is 6.08 Å². The second-order valence-corrected chi connectivity index (χ2v) is 6.38. The first kappa shape index (κ1) is 17.7. The number of amides is 4. The van der Waals surface area contributed by atoms with Crippen LogP contribution in [0.5, 0.6) is 0 Å². The summed E-state index contributed by atoms with van der Waals surface area (Å²) in [7, 11) is 0.